The average Bonchev–Trinajstić information content (AvgIpc) is 2.52. The molecule has 0 aliphatic carbocycles. The van der Waals surface area contributed by atoms with Crippen LogP contribution in [-0.4, -0.2) is 21.8 Å². The lowest BCUT2D eigenvalue weighted by Crippen LogP contribution is -2.11. The maximum atomic E-state index is 10.2. The van der Waals surface area contributed by atoms with Gasteiger partial charge in [-0.1, -0.05) is 37.3 Å². The fourth-order valence-corrected chi connectivity index (χ4v) is 1.91. The molecule has 2 unspecified atom stereocenters. The molecule has 0 aliphatic heterocycles. The number of hydrogen-bond donors (Lipinski definition) is 2. The van der Waals surface area contributed by atoms with Crippen molar-refractivity contribution in [3.8, 4) is 5.75 Å². The van der Waals surface area contributed by atoms with E-state index >= 15 is 0 Å². The monoisotopic (exact) mass is 273 g/mol. The first kappa shape index (κ1) is 14.5. The summed E-state index contributed by atoms with van der Waals surface area (Å²) in [5.41, 5.74) is 1.20. The lowest BCUT2D eigenvalue weighted by molar-refractivity contribution is 0.0169. The van der Waals surface area contributed by atoms with E-state index in [1.54, 1.807) is 24.4 Å². The molecule has 2 rings (SSSR count). The summed E-state index contributed by atoms with van der Waals surface area (Å²) in [4.78, 5) is 4.04. The summed E-state index contributed by atoms with van der Waals surface area (Å²) in [6.07, 6.45) is 2.02. The molecular formula is C16H19NO3. The van der Waals surface area contributed by atoms with Gasteiger partial charge in [0.25, 0.3) is 0 Å². The Kier molecular flexibility index (Phi) is 5.09. The number of pyridine rings is 1. The number of aromatic nitrogens is 1. The Hall–Kier alpha value is -1.91. The molecule has 0 aliphatic rings. The first-order valence-electron chi connectivity index (χ1n) is 6.71. The van der Waals surface area contributed by atoms with Crippen LogP contribution in [0.15, 0.2) is 48.8 Å². The van der Waals surface area contributed by atoms with Crippen LogP contribution in [0, 0.1) is 0 Å². The molecule has 1 aromatic heterocycles. The van der Waals surface area contributed by atoms with E-state index in [1.165, 1.54) is 6.20 Å². The third-order valence-corrected chi connectivity index (χ3v) is 2.99. The number of aliphatic hydroxyl groups is 2. The normalized spacial score (nSPS) is 13.8. The molecule has 0 fully saturated rings. The third kappa shape index (κ3) is 3.56. The minimum absolute atomic E-state index is 0.537. The summed E-state index contributed by atoms with van der Waals surface area (Å²) in [5.74, 6) is 0.601. The molecule has 1 heterocycles. The second kappa shape index (κ2) is 7.03. The largest absolute Gasteiger partial charge is 0.492 e. The second-order valence-electron chi connectivity index (χ2n) is 4.60. The highest BCUT2D eigenvalue weighted by Crippen LogP contribution is 2.29. The van der Waals surface area contributed by atoms with Gasteiger partial charge in [-0.05, 0) is 18.1 Å². The van der Waals surface area contributed by atoms with Gasteiger partial charge in [-0.25, -0.2) is 0 Å². The minimum Gasteiger partial charge on any atom is -0.492 e. The average molecular weight is 273 g/mol. The Morgan fingerprint density at radius 3 is 2.45 bits per heavy atom. The van der Waals surface area contributed by atoms with Crippen molar-refractivity contribution < 1.29 is 14.9 Å². The van der Waals surface area contributed by atoms with Crippen LogP contribution < -0.4 is 4.74 Å². The van der Waals surface area contributed by atoms with Crippen molar-refractivity contribution >= 4 is 0 Å². The smallest absolute Gasteiger partial charge is 0.137 e. The fourth-order valence-electron chi connectivity index (χ4n) is 1.91. The van der Waals surface area contributed by atoms with Gasteiger partial charge in [0.2, 0.25) is 0 Å². The van der Waals surface area contributed by atoms with Crippen LogP contribution in [0.25, 0.3) is 0 Å². The van der Waals surface area contributed by atoms with E-state index in [0.717, 1.165) is 6.42 Å². The summed E-state index contributed by atoms with van der Waals surface area (Å²) >= 11 is 0. The van der Waals surface area contributed by atoms with Crippen LogP contribution in [0.3, 0.4) is 0 Å². The van der Waals surface area contributed by atoms with Crippen molar-refractivity contribution in [1.29, 1.82) is 0 Å². The van der Waals surface area contributed by atoms with E-state index in [-0.39, 0.29) is 0 Å². The number of hydrogen-bond acceptors (Lipinski definition) is 4. The Morgan fingerprint density at radius 2 is 1.75 bits per heavy atom. The Bertz CT molecular complexity index is 530. The summed E-state index contributed by atoms with van der Waals surface area (Å²) in [6, 6.07) is 10.8. The molecule has 0 bridgehead atoms. The molecule has 4 nitrogen and oxygen atoms in total. The Labute approximate surface area is 118 Å². The highest BCUT2D eigenvalue weighted by atomic mass is 16.5. The highest BCUT2D eigenvalue weighted by molar-refractivity contribution is 5.28. The van der Waals surface area contributed by atoms with Crippen LogP contribution >= 0.6 is 0 Å². The maximum Gasteiger partial charge on any atom is 0.137 e. The van der Waals surface area contributed by atoms with Crippen LogP contribution in [0.1, 0.15) is 36.7 Å². The van der Waals surface area contributed by atoms with Crippen molar-refractivity contribution in [3.63, 3.8) is 0 Å². The van der Waals surface area contributed by atoms with Gasteiger partial charge in [-0.2, -0.15) is 0 Å². The van der Waals surface area contributed by atoms with Crippen molar-refractivity contribution in [2.45, 2.75) is 25.6 Å². The molecule has 20 heavy (non-hydrogen) atoms. The fraction of sp³-hybridized carbons (Fsp3) is 0.312. The first-order chi connectivity index (χ1) is 9.72. The number of benzene rings is 1. The second-order valence-corrected chi connectivity index (χ2v) is 4.60. The van der Waals surface area contributed by atoms with E-state index in [0.29, 0.717) is 23.5 Å². The van der Waals surface area contributed by atoms with Gasteiger partial charge >= 0.3 is 0 Å². The van der Waals surface area contributed by atoms with Crippen LogP contribution in [0.5, 0.6) is 5.75 Å². The molecule has 1 aromatic carbocycles. The van der Waals surface area contributed by atoms with E-state index in [2.05, 4.69) is 4.98 Å². The van der Waals surface area contributed by atoms with Crippen LogP contribution in [0.2, 0.25) is 0 Å². The van der Waals surface area contributed by atoms with Crippen LogP contribution in [0.4, 0.5) is 0 Å². The quantitative estimate of drug-likeness (QED) is 0.849. The standard InChI is InChI=1S/C16H19NO3/c1-2-8-20-14-9-13(10-17-11-14)16(19)15(18)12-6-4-3-5-7-12/h3-7,9-11,15-16,18-19H,2,8H2,1H3. The predicted octanol–water partition coefficient (Wildman–Crippen LogP) is 2.64. The van der Waals surface area contributed by atoms with E-state index in [4.69, 9.17) is 4.74 Å². The van der Waals surface area contributed by atoms with Gasteiger partial charge in [0.1, 0.15) is 18.0 Å². The van der Waals surface area contributed by atoms with Crippen LogP contribution in [-0.2, 0) is 0 Å². The minimum atomic E-state index is -1.03. The topological polar surface area (TPSA) is 62.6 Å². The number of aliphatic hydroxyl groups excluding tert-OH is 2. The SMILES string of the molecule is CCCOc1cncc(C(O)C(O)c2ccccc2)c1. The summed E-state index contributed by atoms with van der Waals surface area (Å²) in [6.45, 7) is 2.62. The zero-order valence-electron chi connectivity index (χ0n) is 11.4. The zero-order chi connectivity index (χ0) is 14.4. The number of ether oxygens (including phenoxy) is 1. The lowest BCUT2D eigenvalue weighted by Gasteiger charge is -2.18. The molecule has 0 amide bonds. The van der Waals surface area contributed by atoms with Gasteiger partial charge in [0, 0.05) is 11.8 Å². The van der Waals surface area contributed by atoms with Crippen molar-refractivity contribution in [1.82, 2.24) is 4.98 Å². The molecule has 2 aromatic rings. The van der Waals surface area contributed by atoms with E-state index in [1.807, 2.05) is 25.1 Å². The molecule has 2 atom stereocenters. The first-order valence-corrected chi connectivity index (χ1v) is 6.71. The van der Waals surface area contributed by atoms with Crippen molar-refractivity contribution in [2.24, 2.45) is 0 Å². The van der Waals surface area contributed by atoms with E-state index in [9.17, 15) is 10.2 Å². The van der Waals surface area contributed by atoms with Gasteiger partial charge in [-0.3, -0.25) is 4.98 Å². The Balaban J connectivity index is 2.14. The molecule has 0 saturated carbocycles. The Morgan fingerprint density at radius 1 is 1.05 bits per heavy atom. The molecule has 106 valence electrons. The molecule has 0 radical (unpaired) electrons. The molecular weight excluding hydrogens is 254 g/mol. The zero-order valence-corrected chi connectivity index (χ0v) is 11.4. The van der Waals surface area contributed by atoms with Gasteiger partial charge in [0.15, 0.2) is 0 Å². The van der Waals surface area contributed by atoms with Gasteiger partial charge in [-0.15, -0.1) is 0 Å². The molecule has 2 N–H and O–H groups in total. The number of nitrogens with zero attached hydrogens (tertiary/aromatic N) is 1. The van der Waals surface area contributed by atoms with Gasteiger partial charge in [0.05, 0.1) is 12.8 Å². The predicted molar refractivity (Wildman–Crippen MR) is 76.4 cm³/mol. The lowest BCUT2D eigenvalue weighted by atomic mass is 9.99. The third-order valence-electron chi connectivity index (χ3n) is 2.99. The molecule has 0 saturated heterocycles. The van der Waals surface area contributed by atoms with Crippen molar-refractivity contribution in [3.05, 3.63) is 59.9 Å². The maximum absolute atomic E-state index is 10.2. The summed E-state index contributed by atoms with van der Waals surface area (Å²) in [5, 5.41) is 20.4. The molecule has 4 heteroatoms. The highest BCUT2D eigenvalue weighted by Gasteiger charge is 2.20. The van der Waals surface area contributed by atoms with Gasteiger partial charge < -0.3 is 14.9 Å². The summed E-state index contributed by atoms with van der Waals surface area (Å²) < 4.78 is 5.48. The molecule has 0 spiro atoms. The summed E-state index contributed by atoms with van der Waals surface area (Å²) in [7, 11) is 0. The number of rotatable bonds is 6. The van der Waals surface area contributed by atoms with E-state index < -0.39 is 12.2 Å². The van der Waals surface area contributed by atoms with Crippen molar-refractivity contribution in [2.75, 3.05) is 6.61 Å².